The molecule has 1 aliphatic heterocycles. The van der Waals surface area contributed by atoms with Crippen LogP contribution < -0.4 is 20.7 Å². The van der Waals surface area contributed by atoms with Crippen molar-refractivity contribution in [1.29, 1.82) is 0 Å². The number of nitrogens with one attached hydrogen (secondary N) is 3. The predicted molar refractivity (Wildman–Crippen MR) is 74.3 cm³/mol. The van der Waals surface area contributed by atoms with Crippen molar-refractivity contribution in [3.8, 4) is 5.75 Å². The van der Waals surface area contributed by atoms with Crippen molar-refractivity contribution in [2.24, 2.45) is 0 Å². The van der Waals surface area contributed by atoms with Crippen LogP contribution in [0.2, 0.25) is 0 Å². The summed E-state index contributed by atoms with van der Waals surface area (Å²) >= 11 is 0. The molecule has 5 nitrogen and oxygen atoms in total. The average molecular weight is 263 g/mol. The van der Waals surface area contributed by atoms with Gasteiger partial charge in [0.1, 0.15) is 5.75 Å². The third-order valence-corrected chi connectivity index (χ3v) is 3.22. The molecule has 1 atom stereocenters. The number of piperidine rings is 1. The van der Waals surface area contributed by atoms with Gasteiger partial charge < -0.3 is 20.7 Å². The summed E-state index contributed by atoms with van der Waals surface area (Å²) in [7, 11) is 1.63. The Kier molecular flexibility index (Phi) is 5.03. The third-order valence-electron chi connectivity index (χ3n) is 3.22. The molecule has 0 saturated carbocycles. The van der Waals surface area contributed by atoms with Gasteiger partial charge in [0.25, 0.3) is 0 Å². The molecule has 1 fully saturated rings. The molecule has 2 amide bonds. The van der Waals surface area contributed by atoms with Gasteiger partial charge in [0.2, 0.25) is 0 Å². The number of methoxy groups -OCH3 is 1. The molecule has 5 heteroatoms. The van der Waals surface area contributed by atoms with E-state index in [2.05, 4.69) is 16.0 Å². The maximum atomic E-state index is 11.8. The van der Waals surface area contributed by atoms with E-state index in [1.807, 2.05) is 24.3 Å². The van der Waals surface area contributed by atoms with Crippen LogP contribution in [0, 0.1) is 0 Å². The van der Waals surface area contributed by atoms with Gasteiger partial charge in [-0.1, -0.05) is 12.1 Å². The predicted octanol–water partition coefficient (Wildman–Crippen LogP) is 1.25. The van der Waals surface area contributed by atoms with Gasteiger partial charge in [-0.05, 0) is 37.1 Å². The molecule has 0 bridgehead atoms. The Morgan fingerprint density at radius 2 is 2.42 bits per heavy atom. The highest BCUT2D eigenvalue weighted by Crippen LogP contribution is 2.12. The number of hydrogen-bond donors (Lipinski definition) is 3. The number of carbonyl (C=O) groups is 1. The molecule has 1 saturated heterocycles. The van der Waals surface area contributed by atoms with Gasteiger partial charge in [0, 0.05) is 19.1 Å². The fourth-order valence-corrected chi connectivity index (χ4v) is 2.18. The van der Waals surface area contributed by atoms with Gasteiger partial charge in [-0.3, -0.25) is 0 Å². The van der Waals surface area contributed by atoms with E-state index < -0.39 is 0 Å². The summed E-state index contributed by atoms with van der Waals surface area (Å²) in [6.45, 7) is 2.40. The first-order valence-electron chi connectivity index (χ1n) is 6.66. The van der Waals surface area contributed by atoms with E-state index in [4.69, 9.17) is 4.74 Å². The Morgan fingerprint density at radius 1 is 1.53 bits per heavy atom. The number of amides is 2. The maximum Gasteiger partial charge on any atom is 0.315 e. The fourth-order valence-electron chi connectivity index (χ4n) is 2.18. The summed E-state index contributed by atoms with van der Waals surface area (Å²) in [6.07, 6.45) is 2.15. The van der Waals surface area contributed by atoms with Gasteiger partial charge in [-0.2, -0.15) is 0 Å². The Hall–Kier alpha value is -1.75. The molecule has 3 N–H and O–H groups in total. The standard InChI is InChI=1S/C14H21N3O2/c1-19-13-6-2-4-11(8-13)9-16-14(18)17-12-5-3-7-15-10-12/h2,4,6,8,12,15H,3,5,7,9-10H2,1H3,(H2,16,17,18). The van der Waals surface area contributed by atoms with Crippen molar-refractivity contribution in [1.82, 2.24) is 16.0 Å². The first kappa shape index (κ1) is 13.7. The van der Waals surface area contributed by atoms with Crippen molar-refractivity contribution in [3.63, 3.8) is 0 Å². The van der Waals surface area contributed by atoms with E-state index in [0.717, 1.165) is 37.2 Å². The minimum atomic E-state index is -0.114. The highest BCUT2D eigenvalue weighted by atomic mass is 16.5. The SMILES string of the molecule is COc1cccc(CNC(=O)NC2CCCNC2)c1. The van der Waals surface area contributed by atoms with Crippen LogP contribution in [0.4, 0.5) is 4.79 Å². The summed E-state index contributed by atoms with van der Waals surface area (Å²) in [6, 6.07) is 7.80. The largest absolute Gasteiger partial charge is 0.497 e. The summed E-state index contributed by atoms with van der Waals surface area (Å²) in [4.78, 5) is 11.8. The lowest BCUT2D eigenvalue weighted by atomic mass is 10.1. The number of urea groups is 1. The molecule has 0 spiro atoms. The molecular formula is C14H21N3O2. The summed E-state index contributed by atoms with van der Waals surface area (Å²) < 4.78 is 5.15. The number of benzene rings is 1. The highest BCUT2D eigenvalue weighted by Gasteiger charge is 2.14. The second-order valence-corrected chi connectivity index (χ2v) is 4.72. The molecule has 0 aliphatic carbocycles. The van der Waals surface area contributed by atoms with E-state index in [1.165, 1.54) is 0 Å². The highest BCUT2D eigenvalue weighted by molar-refractivity contribution is 5.74. The van der Waals surface area contributed by atoms with E-state index in [-0.39, 0.29) is 12.1 Å². The molecular weight excluding hydrogens is 242 g/mol. The minimum absolute atomic E-state index is 0.114. The zero-order chi connectivity index (χ0) is 13.5. The monoisotopic (exact) mass is 263 g/mol. The molecule has 19 heavy (non-hydrogen) atoms. The maximum absolute atomic E-state index is 11.8. The quantitative estimate of drug-likeness (QED) is 0.766. The topological polar surface area (TPSA) is 62.4 Å². The lowest BCUT2D eigenvalue weighted by molar-refractivity contribution is 0.233. The van der Waals surface area contributed by atoms with Crippen LogP contribution in [-0.4, -0.2) is 32.3 Å². The first-order chi connectivity index (χ1) is 9.28. The van der Waals surface area contributed by atoms with Gasteiger partial charge in [-0.25, -0.2) is 4.79 Å². The summed E-state index contributed by atoms with van der Waals surface area (Å²) in [5.41, 5.74) is 1.02. The zero-order valence-corrected chi connectivity index (χ0v) is 11.2. The molecule has 0 radical (unpaired) electrons. The van der Waals surface area contributed by atoms with E-state index in [9.17, 15) is 4.79 Å². The van der Waals surface area contributed by atoms with Gasteiger partial charge >= 0.3 is 6.03 Å². The van der Waals surface area contributed by atoms with Crippen molar-refractivity contribution < 1.29 is 9.53 Å². The second kappa shape index (κ2) is 6.99. The van der Waals surface area contributed by atoms with Gasteiger partial charge in [-0.15, -0.1) is 0 Å². The molecule has 1 aromatic rings. The van der Waals surface area contributed by atoms with Crippen molar-refractivity contribution >= 4 is 6.03 Å². The van der Waals surface area contributed by atoms with Crippen LogP contribution >= 0.6 is 0 Å². The smallest absolute Gasteiger partial charge is 0.315 e. The zero-order valence-electron chi connectivity index (χ0n) is 11.2. The van der Waals surface area contributed by atoms with Crippen LogP contribution in [0.5, 0.6) is 5.75 Å². The number of hydrogen-bond acceptors (Lipinski definition) is 3. The van der Waals surface area contributed by atoms with E-state index in [1.54, 1.807) is 7.11 Å². The van der Waals surface area contributed by atoms with Crippen LogP contribution in [0.1, 0.15) is 18.4 Å². The molecule has 1 heterocycles. The van der Waals surface area contributed by atoms with Crippen LogP contribution in [-0.2, 0) is 6.54 Å². The fraction of sp³-hybridized carbons (Fsp3) is 0.500. The second-order valence-electron chi connectivity index (χ2n) is 4.72. The van der Waals surface area contributed by atoms with Crippen LogP contribution in [0.25, 0.3) is 0 Å². The number of ether oxygens (including phenoxy) is 1. The Labute approximate surface area is 113 Å². The molecule has 2 rings (SSSR count). The number of rotatable bonds is 4. The lowest BCUT2D eigenvalue weighted by Gasteiger charge is -2.23. The normalized spacial score (nSPS) is 18.7. The van der Waals surface area contributed by atoms with Gasteiger partial charge in [0.15, 0.2) is 0 Å². The average Bonchev–Trinajstić information content (AvgIpc) is 2.46. The van der Waals surface area contributed by atoms with Crippen molar-refractivity contribution in [2.45, 2.75) is 25.4 Å². The van der Waals surface area contributed by atoms with Crippen LogP contribution in [0.15, 0.2) is 24.3 Å². The molecule has 1 unspecified atom stereocenters. The third kappa shape index (κ3) is 4.44. The molecule has 104 valence electrons. The molecule has 0 aromatic heterocycles. The Balaban J connectivity index is 1.76. The van der Waals surface area contributed by atoms with Crippen LogP contribution in [0.3, 0.4) is 0 Å². The summed E-state index contributed by atoms with van der Waals surface area (Å²) in [5.74, 6) is 0.802. The van der Waals surface area contributed by atoms with Gasteiger partial charge in [0.05, 0.1) is 7.11 Å². The Bertz CT molecular complexity index is 417. The number of carbonyl (C=O) groups excluding carboxylic acids is 1. The lowest BCUT2D eigenvalue weighted by Crippen LogP contribution is -2.48. The minimum Gasteiger partial charge on any atom is -0.497 e. The van der Waals surface area contributed by atoms with E-state index >= 15 is 0 Å². The van der Waals surface area contributed by atoms with Crippen molar-refractivity contribution in [2.75, 3.05) is 20.2 Å². The first-order valence-corrected chi connectivity index (χ1v) is 6.66. The van der Waals surface area contributed by atoms with Crippen molar-refractivity contribution in [3.05, 3.63) is 29.8 Å². The Morgan fingerprint density at radius 3 is 3.16 bits per heavy atom. The molecule has 1 aliphatic rings. The molecule has 1 aromatic carbocycles. The van der Waals surface area contributed by atoms with E-state index in [0.29, 0.717) is 6.54 Å². The summed E-state index contributed by atoms with van der Waals surface area (Å²) in [5, 5.41) is 9.11.